The zero-order valence-electron chi connectivity index (χ0n) is 19.7. The van der Waals surface area contributed by atoms with Crippen LogP contribution < -0.4 is 15.4 Å². The van der Waals surface area contributed by atoms with E-state index in [4.69, 9.17) is 0 Å². The molecule has 3 aromatic rings. The Morgan fingerprint density at radius 2 is 1.60 bits per heavy atom. The molecule has 0 aromatic heterocycles. The highest BCUT2D eigenvalue weighted by atomic mass is 32.2. The van der Waals surface area contributed by atoms with Gasteiger partial charge in [0.1, 0.15) is 5.75 Å². The number of nitrogens with one attached hydrogen (secondary N) is 3. The second kappa shape index (κ2) is 11.8. The molecule has 0 saturated carbocycles. The molecule has 186 valence electrons. The quantitative estimate of drug-likeness (QED) is 0.259. The second-order valence-corrected chi connectivity index (χ2v) is 10.2. The lowest BCUT2D eigenvalue weighted by molar-refractivity contribution is -0.119. The number of benzene rings is 3. The van der Waals surface area contributed by atoms with E-state index in [1.54, 1.807) is 13.1 Å². The monoisotopic (exact) mass is 497 g/mol. The Labute approximate surface area is 206 Å². The Morgan fingerprint density at radius 1 is 0.943 bits per heavy atom. The highest BCUT2D eigenvalue weighted by molar-refractivity contribution is 7.92. The lowest BCUT2D eigenvalue weighted by Crippen LogP contribution is -2.28. The van der Waals surface area contributed by atoms with Gasteiger partial charge in [0, 0.05) is 19.6 Å². The number of phenols is 1. The van der Waals surface area contributed by atoms with Crippen LogP contribution in [0.3, 0.4) is 0 Å². The lowest BCUT2D eigenvalue weighted by atomic mass is 9.96. The molecule has 9 heteroatoms. The van der Waals surface area contributed by atoms with Crippen LogP contribution in [0.5, 0.6) is 5.75 Å². The zero-order chi connectivity index (χ0) is 25.4. The number of amides is 1. The molecule has 0 spiro atoms. The molecule has 1 unspecified atom stereocenters. The minimum atomic E-state index is -3.58. The normalized spacial score (nSPS) is 13.1. The summed E-state index contributed by atoms with van der Waals surface area (Å²) in [6.45, 7) is 0.195. The molecular weight excluding hydrogens is 466 g/mol. The molecule has 0 aliphatic heterocycles. The third-order valence-electron chi connectivity index (χ3n) is 5.57. The number of carbonyl (C=O) groups is 1. The summed E-state index contributed by atoms with van der Waals surface area (Å²) < 4.78 is 25.4. The number of phenolic OH excluding ortho intramolecular Hbond substituents is 1. The average molecular weight is 498 g/mol. The van der Waals surface area contributed by atoms with E-state index in [0.717, 1.165) is 22.9 Å². The Hall–Kier alpha value is -3.40. The first-order valence-electron chi connectivity index (χ1n) is 11.2. The maximum absolute atomic E-state index is 11.7. The van der Waals surface area contributed by atoms with Gasteiger partial charge in [0.25, 0.3) is 0 Å². The summed E-state index contributed by atoms with van der Waals surface area (Å²) in [5.74, 6) is -0.281. The number of likely N-dealkylation sites (N-methyl/N-ethyl adjacent to an activating group) is 1. The Kier molecular flexibility index (Phi) is 8.86. The van der Waals surface area contributed by atoms with Gasteiger partial charge in [0.2, 0.25) is 15.9 Å². The third-order valence-corrected chi connectivity index (χ3v) is 6.16. The summed E-state index contributed by atoms with van der Waals surface area (Å²) in [5, 5.41) is 26.8. The van der Waals surface area contributed by atoms with Crippen LogP contribution in [0.15, 0.2) is 72.8 Å². The number of rotatable bonds is 11. The molecule has 0 aliphatic rings. The molecule has 0 bridgehead atoms. The first kappa shape index (κ1) is 26.2. The Morgan fingerprint density at radius 3 is 2.23 bits per heavy atom. The van der Waals surface area contributed by atoms with E-state index < -0.39 is 16.1 Å². The Bertz CT molecular complexity index is 1230. The predicted molar refractivity (Wildman–Crippen MR) is 137 cm³/mol. The molecule has 0 aliphatic carbocycles. The van der Waals surface area contributed by atoms with Crippen molar-refractivity contribution in [2.24, 2.45) is 0 Å². The molecule has 3 aromatic carbocycles. The topological polar surface area (TPSA) is 128 Å². The molecular formula is C26H31N3O5S. The van der Waals surface area contributed by atoms with Crippen LogP contribution in [0.1, 0.15) is 34.4 Å². The number of anilines is 1. The molecule has 0 saturated heterocycles. The molecule has 0 heterocycles. The maximum Gasteiger partial charge on any atom is 0.229 e. The van der Waals surface area contributed by atoms with Crippen LogP contribution in [-0.2, 0) is 27.7 Å². The van der Waals surface area contributed by atoms with Crippen molar-refractivity contribution in [2.75, 3.05) is 24.6 Å². The van der Waals surface area contributed by atoms with Gasteiger partial charge in [0.05, 0.1) is 24.5 Å². The second-order valence-electron chi connectivity index (χ2n) is 8.41. The summed E-state index contributed by atoms with van der Waals surface area (Å²) in [6, 6.07) is 22.0. The Balaban J connectivity index is 1.76. The minimum absolute atomic E-state index is 0.0107. The van der Waals surface area contributed by atoms with Crippen molar-refractivity contribution in [1.29, 1.82) is 0 Å². The minimum Gasteiger partial charge on any atom is -0.506 e. The van der Waals surface area contributed by atoms with Gasteiger partial charge in [0.15, 0.2) is 0 Å². The molecule has 35 heavy (non-hydrogen) atoms. The summed E-state index contributed by atoms with van der Waals surface area (Å²) in [6.07, 6.45) is 1.03. The van der Waals surface area contributed by atoms with Gasteiger partial charge in [-0.25, -0.2) is 8.42 Å². The molecule has 0 fully saturated rings. The molecule has 5 N–H and O–H groups in total. The SMILES string of the molecule is CNC(=O)Cc1ccc([C@@H](Cc2ccccc2)NCC(O)c2ccc(O)c(NS(C)(=O)=O)c2)cc1. The fourth-order valence-electron chi connectivity index (χ4n) is 3.71. The molecule has 0 radical (unpaired) electrons. The average Bonchev–Trinajstić information content (AvgIpc) is 2.83. The molecule has 2 atom stereocenters. The number of aliphatic hydroxyl groups excluding tert-OH is 1. The van der Waals surface area contributed by atoms with Gasteiger partial charge in [-0.15, -0.1) is 0 Å². The van der Waals surface area contributed by atoms with Crippen LogP contribution >= 0.6 is 0 Å². The fraction of sp³-hybridized carbons (Fsp3) is 0.269. The zero-order valence-corrected chi connectivity index (χ0v) is 20.5. The number of sulfonamides is 1. The van der Waals surface area contributed by atoms with Crippen molar-refractivity contribution in [2.45, 2.75) is 25.0 Å². The molecule has 8 nitrogen and oxygen atoms in total. The van der Waals surface area contributed by atoms with Crippen molar-refractivity contribution in [3.8, 4) is 5.75 Å². The van der Waals surface area contributed by atoms with E-state index in [1.807, 2.05) is 54.6 Å². The number of hydrogen-bond donors (Lipinski definition) is 5. The smallest absolute Gasteiger partial charge is 0.229 e. The van der Waals surface area contributed by atoms with E-state index in [0.29, 0.717) is 18.4 Å². The number of aliphatic hydroxyl groups is 1. The van der Waals surface area contributed by atoms with E-state index in [2.05, 4.69) is 15.4 Å². The van der Waals surface area contributed by atoms with Gasteiger partial charge in [-0.1, -0.05) is 60.7 Å². The summed E-state index contributed by atoms with van der Waals surface area (Å²) >= 11 is 0. The van der Waals surface area contributed by atoms with Gasteiger partial charge in [-0.2, -0.15) is 0 Å². The largest absolute Gasteiger partial charge is 0.506 e. The highest BCUT2D eigenvalue weighted by Crippen LogP contribution is 2.28. The maximum atomic E-state index is 11.7. The van der Waals surface area contributed by atoms with E-state index in [9.17, 15) is 23.4 Å². The van der Waals surface area contributed by atoms with Gasteiger partial charge in [-0.3, -0.25) is 9.52 Å². The third kappa shape index (κ3) is 8.10. The van der Waals surface area contributed by atoms with Gasteiger partial charge < -0.3 is 20.8 Å². The molecule has 3 rings (SSSR count). The molecule has 1 amide bonds. The van der Waals surface area contributed by atoms with Crippen molar-refractivity contribution < 1.29 is 23.4 Å². The van der Waals surface area contributed by atoms with E-state index in [1.165, 1.54) is 12.1 Å². The first-order chi connectivity index (χ1) is 16.6. The van der Waals surface area contributed by atoms with E-state index in [-0.39, 0.29) is 29.9 Å². The van der Waals surface area contributed by atoms with Gasteiger partial charge in [-0.05, 0) is 40.8 Å². The van der Waals surface area contributed by atoms with Crippen LogP contribution in [0.4, 0.5) is 5.69 Å². The predicted octanol–water partition coefficient (Wildman–Crippen LogP) is 2.66. The highest BCUT2D eigenvalue weighted by Gasteiger charge is 2.17. The van der Waals surface area contributed by atoms with Crippen molar-refractivity contribution in [3.05, 3.63) is 95.1 Å². The van der Waals surface area contributed by atoms with Crippen LogP contribution in [0.2, 0.25) is 0 Å². The number of carbonyl (C=O) groups excluding carboxylic acids is 1. The summed E-state index contributed by atoms with van der Waals surface area (Å²) in [4.78, 5) is 11.7. The van der Waals surface area contributed by atoms with Crippen molar-refractivity contribution >= 4 is 21.6 Å². The number of hydrogen-bond acceptors (Lipinski definition) is 6. The van der Waals surface area contributed by atoms with Crippen LogP contribution in [0, 0.1) is 0 Å². The number of aromatic hydroxyl groups is 1. The standard InChI is InChI=1S/C26H31N3O5S/c1-27-26(32)15-19-8-10-20(11-9-19)22(14-18-6-4-3-5-7-18)28-17-25(31)21-12-13-24(30)23(16-21)29-35(2,33)34/h3-13,16,22,25,28-31H,14-15,17H2,1-2H3,(H,27,32)/t22-,25?/m1/s1. The fourth-order valence-corrected chi connectivity index (χ4v) is 4.28. The van der Waals surface area contributed by atoms with Crippen LogP contribution in [-0.4, -0.2) is 44.4 Å². The summed E-state index contributed by atoms with van der Waals surface area (Å²) in [7, 11) is -1.98. The first-order valence-corrected chi connectivity index (χ1v) is 13.1. The van der Waals surface area contributed by atoms with Crippen molar-refractivity contribution in [3.63, 3.8) is 0 Å². The van der Waals surface area contributed by atoms with Crippen molar-refractivity contribution in [1.82, 2.24) is 10.6 Å². The summed E-state index contributed by atoms with van der Waals surface area (Å²) in [5.41, 5.74) is 3.50. The van der Waals surface area contributed by atoms with E-state index >= 15 is 0 Å². The van der Waals surface area contributed by atoms with Crippen LogP contribution in [0.25, 0.3) is 0 Å². The van der Waals surface area contributed by atoms with Gasteiger partial charge >= 0.3 is 0 Å². The lowest BCUT2D eigenvalue weighted by Gasteiger charge is -2.22.